The number of hydrogen-bond donors (Lipinski definition) is 0. The van der Waals surface area contributed by atoms with Crippen molar-refractivity contribution >= 4 is 11.9 Å². The second kappa shape index (κ2) is 9.93. The minimum absolute atomic E-state index is 0.231. The number of carbonyl (C=O) groups is 2. The van der Waals surface area contributed by atoms with Crippen LogP contribution in [0.3, 0.4) is 0 Å². The molecule has 1 saturated carbocycles. The normalized spacial score (nSPS) is 20.4. The second-order valence-electron chi connectivity index (χ2n) is 9.80. The Hall–Kier alpha value is -1.06. The molecular formula is C23H42O4. The molecule has 1 fully saturated rings. The first-order valence-electron chi connectivity index (χ1n) is 10.9. The summed E-state index contributed by atoms with van der Waals surface area (Å²) in [7, 11) is 0. The average molecular weight is 383 g/mol. The van der Waals surface area contributed by atoms with Crippen LogP contribution in [0.4, 0.5) is 0 Å². The molecule has 1 aliphatic rings. The molecule has 0 aromatic carbocycles. The van der Waals surface area contributed by atoms with E-state index in [1.54, 1.807) is 0 Å². The molecule has 1 rings (SSSR count). The van der Waals surface area contributed by atoms with Gasteiger partial charge in [-0.15, -0.1) is 0 Å². The van der Waals surface area contributed by atoms with Crippen LogP contribution < -0.4 is 0 Å². The van der Waals surface area contributed by atoms with Crippen LogP contribution in [0.25, 0.3) is 0 Å². The molecule has 0 amide bonds. The van der Waals surface area contributed by atoms with E-state index in [1.807, 2.05) is 13.8 Å². The van der Waals surface area contributed by atoms with Gasteiger partial charge in [0.1, 0.15) is 5.60 Å². The van der Waals surface area contributed by atoms with Crippen LogP contribution in [0.15, 0.2) is 0 Å². The molecule has 158 valence electrons. The zero-order chi connectivity index (χ0) is 20.7. The van der Waals surface area contributed by atoms with Gasteiger partial charge in [-0.3, -0.25) is 4.79 Å². The molecule has 0 heterocycles. The summed E-state index contributed by atoms with van der Waals surface area (Å²) in [6.45, 7) is 14.4. The van der Waals surface area contributed by atoms with Crippen molar-refractivity contribution in [1.82, 2.24) is 0 Å². The van der Waals surface area contributed by atoms with E-state index in [4.69, 9.17) is 9.47 Å². The van der Waals surface area contributed by atoms with Crippen LogP contribution >= 0.6 is 0 Å². The van der Waals surface area contributed by atoms with Gasteiger partial charge < -0.3 is 9.47 Å². The third-order valence-corrected chi connectivity index (χ3v) is 6.78. The maximum Gasteiger partial charge on any atom is 0.344 e. The molecule has 2 atom stereocenters. The SMILES string of the molecule is CCC(C)CCC(CC)(C(=O)OCC(=O)OC1(C)CCCCC1)C(C)(C)C. The van der Waals surface area contributed by atoms with Gasteiger partial charge in [0.05, 0.1) is 5.41 Å². The molecule has 0 radical (unpaired) electrons. The van der Waals surface area contributed by atoms with Gasteiger partial charge in [-0.05, 0) is 63.2 Å². The molecular weight excluding hydrogens is 340 g/mol. The van der Waals surface area contributed by atoms with Crippen molar-refractivity contribution in [3.63, 3.8) is 0 Å². The molecule has 1 aliphatic carbocycles. The molecule has 0 aliphatic heterocycles. The Morgan fingerprint density at radius 2 is 1.67 bits per heavy atom. The standard InChI is InChI=1S/C23H42O4/c1-8-18(3)13-16-23(9-2,21(4,5)6)20(25)26-17-19(24)27-22(7)14-11-10-12-15-22/h18H,8-17H2,1-7H3. The lowest BCUT2D eigenvalue weighted by molar-refractivity contribution is -0.179. The van der Waals surface area contributed by atoms with Gasteiger partial charge in [0.2, 0.25) is 0 Å². The van der Waals surface area contributed by atoms with E-state index < -0.39 is 17.0 Å². The molecule has 0 N–H and O–H groups in total. The van der Waals surface area contributed by atoms with Gasteiger partial charge in [0.15, 0.2) is 6.61 Å². The Morgan fingerprint density at radius 1 is 1.07 bits per heavy atom. The minimum Gasteiger partial charge on any atom is -0.457 e. The Kier molecular flexibility index (Phi) is 8.82. The topological polar surface area (TPSA) is 52.6 Å². The highest BCUT2D eigenvalue weighted by atomic mass is 16.6. The molecule has 27 heavy (non-hydrogen) atoms. The first-order valence-corrected chi connectivity index (χ1v) is 10.9. The van der Waals surface area contributed by atoms with Crippen LogP contribution in [0.5, 0.6) is 0 Å². The quantitative estimate of drug-likeness (QED) is 0.454. The molecule has 4 heteroatoms. The van der Waals surface area contributed by atoms with Gasteiger partial charge in [-0.2, -0.15) is 0 Å². The molecule has 4 nitrogen and oxygen atoms in total. The number of ether oxygens (including phenoxy) is 2. The highest BCUT2D eigenvalue weighted by Gasteiger charge is 2.48. The fraction of sp³-hybridized carbons (Fsp3) is 0.913. The van der Waals surface area contributed by atoms with Gasteiger partial charge >= 0.3 is 11.9 Å². The van der Waals surface area contributed by atoms with Gasteiger partial charge in [-0.25, -0.2) is 4.79 Å². The summed E-state index contributed by atoms with van der Waals surface area (Å²) in [5.41, 5.74) is -1.21. The fourth-order valence-electron chi connectivity index (χ4n) is 4.30. The summed E-state index contributed by atoms with van der Waals surface area (Å²) >= 11 is 0. The number of carbonyl (C=O) groups excluding carboxylic acids is 2. The first-order chi connectivity index (χ1) is 12.5. The Morgan fingerprint density at radius 3 is 2.15 bits per heavy atom. The van der Waals surface area contributed by atoms with Crippen LogP contribution in [-0.4, -0.2) is 24.1 Å². The van der Waals surface area contributed by atoms with Crippen molar-refractivity contribution in [2.24, 2.45) is 16.7 Å². The third kappa shape index (κ3) is 6.50. The summed E-state index contributed by atoms with van der Waals surface area (Å²) in [6, 6.07) is 0. The maximum atomic E-state index is 13.1. The lowest BCUT2D eigenvalue weighted by Crippen LogP contribution is -2.45. The van der Waals surface area contributed by atoms with Gasteiger partial charge in [0, 0.05) is 0 Å². The third-order valence-electron chi connectivity index (χ3n) is 6.78. The molecule has 0 bridgehead atoms. The van der Waals surface area contributed by atoms with E-state index in [2.05, 4.69) is 34.6 Å². The smallest absolute Gasteiger partial charge is 0.344 e. The van der Waals surface area contributed by atoms with Crippen molar-refractivity contribution in [3.05, 3.63) is 0 Å². The predicted octanol–water partition coefficient (Wildman–Crippen LogP) is 6.06. The van der Waals surface area contributed by atoms with Crippen molar-refractivity contribution in [2.45, 2.75) is 112 Å². The first kappa shape index (κ1) is 24.0. The minimum atomic E-state index is -0.578. The van der Waals surface area contributed by atoms with E-state index >= 15 is 0 Å². The zero-order valence-electron chi connectivity index (χ0n) is 18.8. The number of hydrogen-bond acceptors (Lipinski definition) is 4. The van der Waals surface area contributed by atoms with Crippen molar-refractivity contribution < 1.29 is 19.1 Å². The van der Waals surface area contributed by atoms with E-state index in [9.17, 15) is 9.59 Å². The summed E-state index contributed by atoms with van der Waals surface area (Å²) in [5.74, 6) is -0.109. The lowest BCUT2D eigenvalue weighted by Gasteiger charge is -2.42. The molecule has 0 spiro atoms. The molecule has 0 aromatic rings. The maximum absolute atomic E-state index is 13.1. The summed E-state index contributed by atoms with van der Waals surface area (Å²) < 4.78 is 11.2. The average Bonchev–Trinajstić information content (AvgIpc) is 2.59. The predicted molar refractivity (Wildman–Crippen MR) is 109 cm³/mol. The van der Waals surface area contributed by atoms with Gasteiger partial charge in [0.25, 0.3) is 0 Å². The van der Waals surface area contributed by atoms with E-state index in [0.29, 0.717) is 12.3 Å². The number of esters is 2. The van der Waals surface area contributed by atoms with Crippen LogP contribution in [0, 0.1) is 16.7 Å². The van der Waals surface area contributed by atoms with Crippen LogP contribution in [0.2, 0.25) is 0 Å². The van der Waals surface area contributed by atoms with Crippen molar-refractivity contribution in [2.75, 3.05) is 6.61 Å². The second-order valence-corrected chi connectivity index (χ2v) is 9.80. The van der Waals surface area contributed by atoms with Crippen molar-refractivity contribution in [1.29, 1.82) is 0 Å². The van der Waals surface area contributed by atoms with E-state index in [0.717, 1.165) is 44.9 Å². The molecule has 0 saturated heterocycles. The Bertz CT molecular complexity index is 485. The highest BCUT2D eigenvalue weighted by Crippen LogP contribution is 2.47. The summed E-state index contributed by atoms with van der Waals surface area (Å²) in [5, 5.41) is 0. The van der Waals surface area contributed by atoms with Crippen LogP contribution in [-0.2, 0) is 19.1 Å². The fourth-order valence-corrected chi connectivity index (χ4v) is 4.30. The van der Waals surface area contributed by atoms with Gasteiger partial charge in [-0.1, -0.05) is 54.4 Å². The van der Waals surface area contributed by atoms with Crippen LogP contribution in [0.1, 0.15) is 106 Å². The summed E-state index contributed by atoms with van der Waals surface area (Å²) in [4.78, 5) is 25.4. The van der Waals surface area contributed by atoms with E-state index in [-0.39, 0.29) is 18.0 Å². The highest BCUT2D eigenvalue weighted by molar-refractivity contribution is 5.81. The summed E-state index contributed by atoms with van der Waals surface area (Å²) in [6.07, 6.45) is 8.73. The lowest BCUT2D eigenvalue weighted by atomic mass is 9.62. The molecule has 0 aromatic heterocycles. The van der Waals surface area contributed by atoms with Crippen molar-refractivity contribution in [3.8, 4) is 0 Å². The van der Waals surface area contributed by atoms with E-state index in [1.165, 1.54) is 6.42 Å². The number of rotatable bonds is 9. The zero-order valence-corrected chi connectivity index (χ0v) is 18.8. The molecule has 2 unspecified atom stereocenters. The largest absolute Gasteiger partial charge is 0.457 e. The Labute approximate surface area is 166 Å². The Balaban J connectivity index is 2.73. The monoisotopic (exact) mass is 382 g/mol.